The molecule has 6 nitrogen and oxygen atoms in total. The van der Waals surface area contributed by atoms with Gasteiger partial charge in [0.1, 0.15) is 5.75 Å². The molecule has 1 atom stereocenters. The predicted octanol–water partition coefficient (Wildman–Crippen LogP) is 3.98. The Morgan fingerprint density at radius 1 is 1.17 bits per heavy atom. The number of hydrogen-bond donors (Lipinski definition) is 0. The SMILES string of the molecule is CCOc1ccc(C(=O)CSc2nc3ccccc3c(=O)n2[C@@H](C)COC)cc1. The van der Waals surface area contributed by atoms with E-state index in [0.29, 0.717) is 34.8 Å². The normalized spacial score (nSPS) is 12.1. The van der Waals surface area contributed by atoms with Gasteiger partial charge in [0.2, 0.25) is 0 Å². The number of carbonyl (C=O) groups is 1. The lowest BCUT2D eigenvalue weighted by atomic mass is 10.1. The van der Waals surface area contributed by atoms with Crippen molar-refractivity contribution in [2.45, 2.75) is 25.0 Å². The fourth-order valence-corrected chi connectivity index (χ4v) is 4.04. The number of ketones is 1. The van der Waals surface area contributed by atoms with Crippen LogP contribution in [0.5, 0.6) is 5.75 Å². The average molecular weight is 413 g/mol. The highest BCUT2D eigenvalue weighted by Crippen LogP contribution is 2.23. The smallest absolute Gasteiger partial charge is 0.262 e. The number of aromatic nitrogens is 2. The van der Waals surface area contributed by atoms with Crippen molar-refractivity contribution >= 4 is 28.4 Å². The van der Waals surface area contributed by atoms with Crippen LogP contribution in [0.3, 0.4) is 0 Å². The fraction of sp³-hybridized carbons (Fsp3) is 0.318. The number of para-hydroxylation sites is 1. The molecule has 7 heteroatoms. The molecule has 3 aromatic rings. The molecule has 0 fully saturated rings. The molecule has 0 aliphatic carbocycles. The van der Waals surface area contributed by atoms with E-state index in [1.165, 1.54) is 11.8 Å². The van der Waals surface area contributed by atoms with Crippen molar-refractivity contribution in [3.63, 3.8) is 0 Å². The minimum absolute atomic E-state index is 0.0357. The minimum atomic E-state index is -0.201. The van der Waals surface area contributed by atoms with Gasteiger partial charge in [0.25, 0.3) is 5.56 Å². The van der Waals surface area contributed by atoms with Crippen LogP contribution in [-0.4, -0.2) is 41.4 Å². The van der Waals surface area contributed by atoms with Gasteiger partial charge >= 0.3 is 0 Å². The van der Waals surface area contributed by atoms with Crippen LogP contribution in [0, 0.1) is 0 Å². The topological polar surface area (TPSA) is 70.4 Å². The number of Topliss-reactive ketones (excluding diaryl/α,β-unsaturated/α-hetero) is 1. The first-order valence-corrected chi connectivity index (χ1v) is 10.4. The molecule has 0 bridgehead atoms. The number of benzene rings is 2. The average Bonchev–Trinajstić information content (AvgIpc) is 2.73. The Labute approximate surface area is 173 Å². The number of ether oxygens (including phenoxy) is 2. The van der Waals surface area contributed by atoms with Crippen LogP contribution in [0.4, 0.5) is 0 Å². The highest BCUT2D eigenvalue weighted by molar-refractivity contribution is 7.99. The van der Waals surface area contributed by atoms with Gasteiger partial charge in [0, 0.05) is 12.7 Å². The van der Waals surface area contributed by atoms with Crippen LogP contribution in [0.25, 0.3) is 10.9 Å². The fourth-order valence-electron chi connectivity index (χ4n) is 3.05. The molecule has 2 aromatic carbocycles. The van der Waals surface area contributed by atoms with E-state index in [1.807, 2.05) is 26.0 Å². The van der Waals surface area contributed by atoms with Crippen molar-refractivity contribution in [2.75, 3.05) is 26.1 Å². The van der Waals surface area contributed by atoms with Crippen LogP contribution >= 0.6 is 11.8 Å². The molecule has 1 aromatic heterocycles. The van der Waals surface area contributed by atoms with E-state index in [9.17, 15) is 9.59 Å². The molecular formula is C22H24N2O4S. The van der Waals surface area contributed by atoms with Gasteiger partial charge in [-0.1, -0.05) is 23.9 Å². The van der Waals surface area contributed by atoms with Crippen molar-refractivity contribution in [1.29, 1.82) is 0 Å². The number of methoxy groups -OCH3 is 1. The van der Waals surface area contributed by atoms with E-state index < -0.39 is 0 Å². The van der Waals surface area contributed by atoms with Crippen molar-refractivity contribution in [1.82, 2.24) is 9.55 Å². The minimum Gasteiger partial charge on any atom is -0.494 e. The lowest BCUT2D eigenvalue weighted by molar-refractivity contribution is 0.102. The van der Waals surface area contributed by atoms with E-state index in [4.69, 9.17) is 9.47 Å². The maximum absolute atomic E-state index is 13.0. The molecule has 0 saturated carbocycles. The molecule has 29 heavy (non-hydrogen) atoms. The number of nitrogens with zero attached hydrogens (tertiary/aromatic N) is 2. The summed E-state index contributed by atoms with van der Waals surface area (Å²) in [4.78, 5) is 30.3. The summed E-state index contributed by atoms with van der Waals surface area (Å²) in [5.41, 5.74) is 1.09. The second-order valence-electron chi connectivity index (χ2n) is 6.56. The summed E-state index contributed by atoms with van der Waals surface area (Å²) in [5.74, 6) is 0.875. The largest absolute Gasteiger partial charge is 0.494 e. The van der Waals surface area contributed by atoms with Crippen LogP contribution in [0.1, 0.15) is 30.2 Å². The Morgan fingerprint density at radius 3 is 2.59 bits per heavy atom. The van der Waals surface area contributed by atoms with E-state index in [0.717, 1.165) is 5.75 Å². The number of fused-ring (bicyclic) bond motifs is 1. The van der Waals surface area contributed by atoms with Gasteiger partial charge in [-0.2, -0.15) is 0 Å². The zero-order valence-corrected chi connectivity index (χ0v) is 17.6. The Hall–Kier alpha value is -2.64. The summed E-state index contributed by atoms with van der Waals surface area (Å²) in [7, 11) is 1.60. The Bertz CT molecular complexity index is 1050. The van der Waals surface area contributed by atoms with Crippen molar-refractivity contribution in [2.24, 2.45) is 0 Å². The van der Waals surface area contributed by atoms with Crippen LogP contribution in [0.15, 0.2) is 58.5 Å². The van der Waals surface area contributed by atoms with E-state index >= 15 is 0 Å². The highest BCUT2D eigenvalue weighted by atomic mass is 32.2. The molecular weight excluding hydrogens is 388 g/mol. The Balaban J connectivity index is 1.87. The van der Waals surface area contributed by atoms with Gasteiger partial charge in [-0.05, 0) is 50.2 Å². The molecule has 1 heterocycles. The summed E-state index contributed by atoms with van der Waals surface area (Å²) in [6, 6.07) is 14.1. The zero-order valence-electron chi connectivity index (χ0n) is 16.8. The molecule has 0 unspecified atom stereocenters. The molecule has 0 N–H and O–H groups in total. The van der Waals surface area contributed by atoms with Gasteiger partial charge in [0.05, 0.1) is 35.9 Å². The van der Waals surface area contributed by atoms with Crippen LogP contribution in [-0.2, 0) is 4.74 Å². The van der Waals surface area contributed by atoms with Crippen molar-refractivity contribution in [3.05, 3.63) is 64.4 Å². The van der Waals surface area contributed by atoms with Gasteiger partial charge in [-0.3, -0.25) is 14.2 Å². The predicted molar refractivity (Wildman–Crippen MR) is 115 cm³/mol. The second kappa shape index (κ2) is 9.71. The molecule has 0 aliphatic heterocycles. The molecule has 0 amide bonds. The first-order valence-electron chi connectivity index (χ1n) is 9.44. The van der Waals surface area contributed by atoms with Gasteiger partial charge in [0.15, 0.2) is 10.9 Å². The van der Waals surface area contributed by atoms with E-state index in [2.05, 4.69) is 4.98 Å². The highest BCUT2D eigenvalue weighted by Gasteiger charge is 2.18. The maximum Gasteiger partial charge on any atom is 0.262 e. The number of hydrogen-bond acceptors (Lipinski definition) is 6. The zero-order chi connectivity index (χ0) is 20.8. The monoisotopic (exact) mass is 412 g/mol. The summed E-state index contributed by atoms with van der Waals surface area (Å²) >= 11 is 1.26. The maximum atomic E-state index is 13.0. The molecule has 152 valence electrons. The summed E-state index contributed by atoms with van der Waals surface area (Å²) in [6.07, 6.45) is 0. The van der Waals surface area contributed by atoms with Crippen LogP contribution < -0.4 is 10.3 Å². The molecule has 0 saturated heterocycles. The molecule has 0 radical (unpaired) electrons. The summed E-state index contributed by atoms with van der Waals surface area (Å²) in [5, 5.41) is 1.06. The van der Waals surface area contributed by atoms with Gasteiger partial charge in [-0.15, -0.1) is 0 Å². The standard InChI is InChI=1S/C22H24N2O4S/c1-4-28-17-11-9-16(10-12-17)20(25)14-29-22-23-19-8-6-5-7-18(19)21(26)24(22)15(2)13-27-3/h5-12,15H,4,13-14H2,1-3H3/t15-/m0/s1. The van der Waals surface area contributed by atoms with E-state index in [1.54, 1.807) is 48.1 Å². The Kier molecular flexibility index (Phi) is 7.06. The Morgan fingerprint density at radius 2 is 1.90 bits per heavy atom. The number of thioether (sulfide) groups is 1. The number of carbonyl (C=O) groups excluding carboxylic acids is 1. The van der Waals surface area contributed by atoms with Gasteiger partial charge < -0.3 is 9.47 Å². The summed E-state index contributed by atoms with van der Waals surface area (Å²) < 4.78 is 12.3. The second-order valence-corrected chi connectivity index (χ2v) is 7.50. The third-order valence-corrected chi connectivity index (χ3v) is 5.40. The first-order chi connectivity index (χ1) is 14.0. The lowest BCUT2D eigenvalue weighted by Gasteiger charge is -2.18. The third-order valence-electron chi connectivity index (χ3n) is 4.44. The van der Waals surface area contributed by atoms with E-state index in [-0.39, 0.29) is 23.1 Å². The van der Waals surface area contributed by atoms with Crippen molar-refractivity contribution < 1.29 is 14.3 Å². The first kappa shape index (κ1) is 21.1. The van der Waals surface area contributed by atoms with Crippen molar-refractivity contribution in [3.8, 4) is 5.75 Å². The number of rotatable bonds is 9. The quantitative estimate of drug-likeness (QED) is 0.301. The molecule has 3 rings (SSSR count). The summed E-state index contributed by atoms with van der Waals surface area (Å²) in [6.45, 7) is 4.77. The lowest BCUT2D eigenvalue weighted by Crippen LogP contribution is -2.28. The third kappa shape index (κ3) is 4.86. The molecule has 0 aliphatic rings. The van der Waals surface area contributed by atoms with Crippen LogP contribution in [0.2, 0.25) is 0 Å². The molecule has 0 spiro atoms. The van der Waals surface area contributed by atoms with Gasteiger partial charge in [-0.25, -0.2) is 4.98 Å².